The zero-order chi connectivity index (χ0) is 51.3. The van der Waals surface area contributed by atoms with Crippen LogP contribution in [0.4, 0.5) is 0 Å². The van der Waals surface area contributed by atoms with Crippen molar-refractivity contribution in [2.75, 3.05) is 40.9 Å². The van der Waals surface area contributed by atoms with Crippen molar-refractivity contribution in [1.29, 1.82) is 0 Å². The lowest BCUT2D eigenvalue weighted by molar-refractivity contribution is -0.870. The standard InChI is InChI=1S/C61H113N2O6P/c1-6-8-10-12-14-16-18-20-22-23-24-25-26-27-28-29-30-31-32-33-34-35-36-37-38-39-41-43-45-47-49-51-53-55-61(65)62-59(58-69-70(66,67)68-57-56-63(3,4)5)60(64)54-52-50-48-46-44-42-40-21-19-17-15-13-11-9-7-2/h8,10,14,16,20,22,24-25,27-28,52,54,59-60,64H,6-7,9,11-13,15,17-19,21,23,26,29-51,53,55-58H2,1-5H3,(H-,62,65,66,67)/b10-8-,16-14-,22-20-,25-24-,28-27-,54-52+. The molecule has 0 aromatic heterocycles. The van der Waals surface area contributed by atoms with Gasteiger partial charge in [0.1, 0.15) is 13.2 Å². The third-order valence-electron chi connectivity index (χ3n) is 12.9. The largest absolute Gasteiger partial charge is 0.756 e. The molecule has 9 heteroatoms. The summed E-state index contributed by atoms with van der Waals surface area (Å²) >= 11 is 0. The van der Waals surface area contributed by atoms with E-state index in [4.69, 9.17) is 9.05 Å². The zero-order valence-corrected chi connectivity index (χ0v) is 47.4. The first-order chi connectivity index (χ1) is 34.0. The average molecular weight is 1000 g/mol. The van der Waals surface area contributed by atoms with Gasteiger partial charge in [0.15, 0.2) is 0 Å². The molecule has 0 aromatic rings. The molecule has 0 spiro atoms. The number of aliphatic hydroxyl groups excluding tert-OH is 1. The summed E-state index contributed by atoms with van der Waals surface area (Å²) in [5.41, 5.74) is 0. The van der Waals surface area contributed by atoms with Crippen molar-refractivity contribution in [1.82, 2.24) is 5.32 Å². The number of nitrogens with zero attached hydrogens (tertiary/aromatic N) is 1. The number of quaternary nitrogens is 1. The van der Waals surface area contributed by atoms with Crippen LogP contribution in [0.15, 0.2) is 72.9 Å². The van der Waals surface area contributed by atoms with Gasteiger partial charge in [-0.15, -0.1) is 0 Å². The molecule has 0 radical (unpaired) electrons. The van der Waals surface area contributed by atoms with Crippen LogP contribution in [0.25, 0.3) is 0 Å². The van der Waals surface area contributed by atoms with Crippen molar-refractivity contribution >= 4 is 13.7 Å². The van der Waals surface area contributed by atoms with Crippen molar-refractivity contribution in [2.45, 2.75) is 270 Å². The Morgan fingerprint density at radius 1 is 0.514 bits per heavy atom. The third kappa shape index (κ3) is 53.7. The lowest BCUT2D eigenvalue weighted by atomic mass is 10.0. The number of likely N-dealkylation sites (N-methyl/N-ethyl adjacent to an activating group) is 1. The van der Waals surface area contributed by atoms with Crippen LogP contribution in [0.2, 0.25) is 0 Å². The van der Waals surface area contributed by atoms with Crippen LogP contribution in [0.3, 0.4) is 0 Å². The molecule has 3 atom stereocenters. The van der Waals surface area contributed by atoms with Gasteiger partial charge in [-0.2, -0.15) is 0 Å². The van der Waals surface area contributed by atoms with Crippen molar-refractivity contribution in [3.05, 3.63) is 72.9 Å². The molecule has 0 rings (SSSR count). The highest BCUT2D eigenvalue weighted by atomic mass is 31.2. The van der Waals surface area contributed by atoms with Gasteiger partial charge in [-0.3, -0.25) is 9.36 Å². The van der Waals surface area contributed by atoms with Gasteiger partial charge >= 0.3 is 0 Å². The number of carbonyl (C=O) groups excluding carboxylic acids is 1. The summed E-state index contributed by atoms with van der Waals surface area (Å²) < 4.78 is 23.3. The van der Waals surface area contributed by atoms with Gasteiger partial charge < -0.3 is 28.8 Å². The highest BCUT2D eigenvalue weighted by Gasteiger charge is 2.23. The van der Waals surface area contributed by atoms with Gasteiger partial charge in [0.2, 0.25) is 5.91 Å². The van der Waals surface area contributed by atoms with Crippen LogP contribution >= 0.6 is 7.82 Å². The van der Waals surface area contributed by atoms with Crippen molar-refractivity contribution in [3.63, 3.8) is 0 Å². The number of carbonyl (C=O) groups is 1. The van der Waals surface area contributed by atoms with E-state index in [9.17, 15) is 19.4 Å². The number of phosphoric acid groups is 1. The minimum absolute atomic E-state index is 0.00181. The first-order valence-corrected chi connectivity index (χ1v) is 30.8. The maximum absolute atomic E-state index is 13.0. The summed E-state index contributed by atoms with van der Waals surface area (Å²) in [5, 5.41) is 13.9. The first kappa shape index (κ1) is 67.9. The monoisotopic (exact) mass is 1000 g/mol. The second-order valence-corrected chi connectivity index (χ2v) is 22.4. The third-order valence-corrected chi connectivity index (χ3v) is 13.9. The summed E-state index contributed by atoms with van der Waals surface area (Å²) in [6.45, 7) is 4.55. The summed E-state index contributed by atoms with van der Waals surface area (Å²) in [5.74, 6) is -0.197. The molecular formula is C61H113N2O6P. The van der Waals surface area contributed by atoms with Crippen LogP contribution in [-0.2, 0) is 18.4 Å². The zero-order valence-electron chi connectivity index (χ0n) is 46.5. The smallest absolute Gasteiger partial charge is 0.268 e. The lowest BCUT2D eigenvalue weighted by Crippen LogP contribution is -2.45. The van der Waals surface area contributed by atoms with E-state index in [-0.39, 0.29) is 19.1 Å². The van der Waals surface area contributed by atoms with Crippen LogP contribution in [0, 0.1) is 0 Å². The Balaban J connectivity index is 4.07. The molecule has 0 aliphatic carbocycles. The summed E-state index contributed by atoms with van der Waals surface area (Å²) in [4.78, 5) is 25.5. The number of unbranched alkanes of at least 4 members (excludes halogenated alkanes) is 30. The Hall–Kier alpha value is -2.06. The van der Waals surface area contributed by atoms with Crippen LogP contribution < -0.4 is 10.2 Å². The van der Waals surface area contributed by atoms with Gasteiger partial charge in [0, 0.05) is 6.42 Å². The molecule has 0 bridgehead atoms. The quantitative estimate of drug-likeness (QED) is 0.0272. The molecule has 0 fully saturated rings. The van der Waals surface area contributed by atoms with Gasteiger partial charge in [-0.1, -0.05) is 260 Å². The molecule has 0 heterocycles. The summed E-state index contributed by atoms with van der Waals surface area (Å²) in [6, 6.07) is -0.888. The van der Waals surface area contributed by atoms with Crippen LogP contribution in [0.1, 0.15) is 258 Å². The van der Waals surface area contributed by atoms with E-state index < -0.39 is 20.0 Å². The highest BCUT2D eigenvalue weighted by Crippen LogP contribution is 2.38. The predicted molar refractivity (Wildman–Crippen MR) is 302 cm³/mol. The maximum atomic E-state index is 13.0. The number of nitrogens with one attached hydrogen (secondary N) is 1. The summed E-state index contributed by atoms with van der Waals surface area (Å²) in [7, 11) is 1.26. The molecule has 3 unspecified atom stereocenters. The molecule has 8 nitrogen and oxygen atoms in total. The molecule has 70 heavy (non-hydrogen) atoms. The number of rotatable bonds is 53. The summed E-state index contributed by atoms with van der Waals surface area (Å²) in [6.07, 6.45) is 71.2. The predicted octanol–water partition coefficient (Wildman–Crippen LogP) is 17.2. The molecule has 0 saturated carbocycles. The van der Waals surface area contributed by atoms with Crippen molar-refractivity contribution in [2.24, 2.45) is 0 Å². The Labute approximate surface area is 434 Å². The van der Waals surface area contributed by atoms with E-state index in [1.807, 2.05) is 27.2 Å². The Morgan fingerprint density at radius 2 is 0.871 bits per heavy atom. The fourth-order valence-electron chi connectivity index (χ4n) is 8.36. The molecule has 2 N–H and O–H groups in total. The fourth-order valence-corrected chi connectivity index (χ4v) is 9.08. The number of allylic oxidation sites excluding steroid dienone is 11. The fraction of sp³-hybridized carbons (Fsp3) is 0.787. The van der Waals surface area contributed by atoms with Crippen LogP contribution in [0.5, 0.6) is 0 Å². The molecular weight excluding hydrogens is 888 g/mol. The van der Waals surface area contributed by atoms with Crippen LogP contribution in [-0.4, -0.2) is 68.5 Å². The molecule has 0 aliphatic rings. The SMILES string of the molecule is CC/C=C\C/C=C\C/C=C\C/C=C\C/C=C\CCCCCCCCCCCCCCCCCCCC(=O)NC(COP(=O)([O-])OCC[N+](C)(C)C)C(O)/C=C/CCCCCCCCCCCCCCC. The minimum Gasteiger partial charge on any atom is -0.756 e. The Kier molecular flexibility index (Phi) is 50.3. The van der Waals surface area contributed by atoms with Crippen molar-refractivity contribution in [3.8, 4) is 0 Å². The van der Waals surface area contributed by atoms with E-state index in [0.717, 1.165) is 70.6 Å². The molecule has 0 aromatic carbocycles. The second kappa shape index (κ2) is 51.8. The molecule has 0 aliphatic heterocycles. The topological polar surface area (TPSA) is 108 Å². The van der Waals surface area contributed by atoms with E-state index >= 15 is 0 Å². The first-order valence-electron chi connectivity index (χ1n) is 29.3. The number of hydrogen-bond donors (Lipinski definition) is 2. The second-order valence-electron chi connectivity index (χ2n) is 21.0. The average Bonchev–Trinajstić information content (AvgIpc) is 3.32. The number of hydrogen-bond acceptors (Lipinski definition) is 6. The number of phosphoric ester groups is 1. The van der Waals surface area contributed by atoms with Gasteiger partial charge in [-0.05, 0) is 64.2 Å². The molecule has 0 saturated heterocycles. The highest BCUT2D eigenvalue weighted by molar-refractivity contribution is 7.45. The lowest BCUT2D eigenvalue weighted by Gasteiger charge is -2.29. The Bertz CT molecular complexity index is 1370. The van der Waals surface area contributed by atoms with Gasteiger partial charge in [0.25, 0.3) is 7.82 Å². The van der Waals surface area contributed by atoms with Gasteiger partial charge in [-0.25, -0.2) is 0 Å². The Morgan fingerprint density at radius 3 is 1.27 bits per heavy atom. The number of aliphatic hydroxyl groups is 1. The van der Waals surface area contributed by atoms with E-state index in [1.54, 1.807) is 6.08 Å². The molecule has 408 valence electrons. The van der Waals surface area contributed by atoms with E-state index in [0.29, 0.717) is 17.4 Å². The van der Waals surface area contributed by atoms with Crippen molar-refractivity contribution < 1.29 is 32.9 Å². The van der Waals surface area contributed by atoms with E-state index in [1.165, 1.54) is 167 Å². The molecule has 1 amide bonds. The maximum Gasteiger partial charge on any atom is 0.268 e. The minimum atomic E-state index is -4.60. The normalized spacial score (nSPS) is 14.4. The van der Waals surface area contributed by atoms with Gasteiger partial charge in [0.05, 0.1) is 39.9 Å². The number of amides is 1. The van der Waals surface area contributed by atoms with E-state index in [2.05, 4.69) is 79.9 Å².